The van der Waals surface area contributed by atoms with Crippen molar-refractivity contribution in [1.29, 1.82) is 0 Å². The maximum absolute atomic E-state index is 12.5. The van der Waals surface area contributed by atoms with Crippen LogP contribution in [0.3, 0.4) is 0 Å². The summed E-state index contributed by atoms with van der Waals surface area (Å²) in [5.74, 6) is -0.945. The van der Waals surface area contributed by atoms with Gasteiger partial charge in [-0.2, -0.15) is 0 Å². The number of amides is 1. The van der Waals surface area contributed by atoms with Gasteiger partial charge < -0.3 is 30.2 Å². The number of methoxy groups -OCH3 is 2. The number of hydrogen-bond donors (Lipinski definition) is 3. The van der Waals surface area contributed by atoms with Gasteiger partial charge in [-0.25, -0.2) is 4.79 Å². The Hall–Kier alpha value is -2.14. The lowest BCUT2D eigenvalue weighted by molar-refractivity contribution is -0.146. The highest BCUT2D eigenvalue weighted by molar-refractivity contribution is 6.33. The largest absolute Gasteiger partial charge is 0.467 e. The third kappa shape index (κ3) is 5.93. The highest BCUT2D eigenvalue weighted by Gasteiger charge is 2.31. The van der Waals surface area contributed by atoms with Crippen LogP contribution in [0.5, 0.6) is 0 Å². The van der Waals surface area contributed by atoms with E-state index in [1.54, 1.807) is 7.11 Å². The van der Waals surface area contributed by atoms with E-state index in [-0.39, 0.29) is 35.2 Å². The van der Waals surface area contributed by atoms with Crippen molar-refractivity contribution in [2.45, 2.75) is 18.6 Å². The molecule has 28 heavy (non-hydrogen) atoms. The van der Waals surface area contributed by atoms with Crippen LogP contribution in [-0.2, 0) is 19.0 Å². The molecular formula is C17H25ClN4O6. The fourth-order valence-electron chi connectivity index (χ4n) is 2.93. The number of anilines is 1. The molecule has 4 N–H and O–H groups in total. The first-order chi connectivity index (χ1) is 13.3. The number of halogens is 1. The van der Waals surface area contributed by atoms with E-state index >= 15 is 0 Å². The molecular weight excluding hydrogens is 392 g/mol. The second-order valence-corrected chi connectivity index (χ2v) is 6.75. The zero-order valence-electron chi connectivity index (χ0n) is 15.8. The van der Waals surface area contributed by atoms with Gasteiger partial charge in [0.25, 0.3) is 11.5 Å². The van der Waals surface area contributed by atoms with Crippen LogP contribution in [0.4, 0.5) is 5.82 Å². The van der Waals surface area contributed by atoms with Crippen molar-refractivity contribution < 1.29 is 23.8 Å². The molecule has 0 saturated carbocycles. The van der Waals surface area contributed by atoms with Gasteiger partial charge in [0, 0.05) is 26.7 Å². The summed E-state index contributed by atoms with van der Waals surface area (Å²) in [5, 5.41) is 2.94. The van der Waals surface area contributed by atoms with Crippen molar-refractivity contribution in [3.8, 4) is 0 Å². The van der Waals surface area contributed by atoms with Crippen LogP contribution in [-0.4, -0.2) is 81.0 Å². The van der Waals surface area contributed by atoms with Gasteiger partial charge in [-0.3, -0.25) is 14.5 Å². The normalized spacial score (nSPS) is 20.0. The summed E-state index contributed by atoms with van der Waals surface area (Å²) >= 11 is 5.89. The molecule has 10 nitrogen and oxygen atoms in total. The molecule has 1 aromatic rings. The Bertz CT molecular complexity index is 756. The first-order valence-corrected chi connectivity index (χ1v) is 9.12. The molecule has 11 heteroatoms. The lowest BCUT2D eigenvalue weighted by Crippen LogP contribution is -2.55. The lowest BCUT2D eigenvalue weighted by Gasteiger charge is -2.38. The Balaban J connectivity index is 1.88. The average Bonchev–Trinajstić information content (AvgIpc) is 2.68. The molecule has 1 saturated heterocycles. The monoisotopic (exact) mass is 416 g/mol. The molecule has 1 fully saturated rings. The third-order valence-corrected chi connectivity index (χ3v) is 4.84. The van der Waals surface area contributed by atoms with Gasteiger partial charge in [0.05, 0.1) is 30.9 Å². The Labute approximate surface area is 167 Å². The maximum atomic E-state index is 12.5. The van der Waals surface area contributed by atoms with Crippen molar-refractivity contribution in [3.63, 3.8) is 0 Å². The molecule has 0 aliphatic carbocycles. The van der Waals surface area contributed by atoms with Crippen LogP contribution in [0.1, 0.15) is 16.8 Å². The molecule has 0 bridgehead atoms. The van der Waals surface area contributed by atoms with Crippen LogP contribution in [0.2, 0.25) is 5.02 Å². The maximum Gasteiger partial charge on any atom is 0.331 e. The minimum absolute atomic E-state index is 0.0145. The Morgan fingerprint density at radius 3 is 2.86 bits per heavy atom. The third-order valence-electron chi connectivity index (χ3n) is 4.53. The number of carbonyl (C=O) groups is 2. The summed E-state index contributed by atoms with van der Waals surface area (Å²) in [6, 6.07) is 0.987. The van der Waals surface area contributed by atoms with Crippen LogP contribution in [0.15, 0.2) is 10.9 Å². The van der Waals surface area contributed by atoms with Gasteiger partial charge in [0.15, 0.2) is 0 Å². The number of nitrogens with zero attached hydrogens (tertiary/aromatic N) is 1. The minimum atomic E-state index is -0.603. The van der Waals surface area contributed by atoms with E-state index in [4.69, 9.17) is 26.8 Å². The number of esters is 1. The van der Waals surface area contributed by atoms with E-state index in [2.05, 4.69) is 19.9 Å². The van der Waals surface area contributed by atoms with Crippen LogP contribution in [0.25, 0.3) is 0 Å². The minimum Gasteiger partial charge on any atom is -0.467 e. The molecule has 1 aliphatic rings. The van der Waals surface area contributed by atoms with E-state index in [0.29, 0.717) is 32.7 Å². The highest BCUT2D eigenvalue weighted by Crippen LogP contribution is 2.16. The van der Waals surface area contributed by atoms with Crippen LogP contribution in [0, 0.1) is 0 Å². The standard InChI is InChI=1S/C17H25ClN4O6/c1-26-13-8-22(5-6-28-9-14(23)27-2)4-3-12(13)20-16(24)10-7-11(18)15(19)21-17(10)25/h7,12-13H,3-6,8-9H2,1-2H3,(H,20,24)(H3,19,21,25)/t12-,13+/m0/s1. The number of aromatic nitrogens is 1. The summed E-state index contributed by atoms with van der Waals surface area (Å²) in [6.07, 6.45) is 0.364. The molecule has 1 amide bonds. The second kappa shape index (κ2) is 10.4. The average molecular weight is 417 g/mol. The van der Waals surface area contributed by atoms with E-state index in [1.807, 2.05) is 0 Å². The van der Waals surface area contributed by atoms with E-state index in [9.17, 15) is 14.4 Å². The molecule has 2 heterocycles. The Morgan fingerprint density at radius 1 is 1.43 bits per heavy atom. The first-order valence-electron chi connectivity index (χ1n) is 8.74. The number of piperidine rings is 1. The molecule has 156 valence electrons. The quantitative estimate of drug-likeness (QED) is 0.385. The number of ether oxygens (including phenoxy) is 3. The molecule has 1 aliphatic heterocycles. The molecule has 2 atom stereocenters. The predicted molar refractivity (Wildman–Crippen MR) is 102 cm³/mol. The fourth-order valence-corrected chi connectivity index (χ4v) is 3.09. The zero-order chi connectivity index (χ0) is 20.7. The van der Waals surface area contributed by atoms with E-state index in [1.165, 1.54) is 13.2 Å². The molecule has 1 aromatic heterocycles. The molecule has 0 spiro atoms. The fraction of sp³-hybridized carbons (Fsp3) is 0.588. The van der Waals surface area contributed by atoms with Crippen molar-refractivity contribution in [1.82, 2.24) is 15.2 Å². The van der Waals surface area contributed by atoms with E-state index < -0.39 is 17.4 Å². The number of nitrogens with one attached hydrogen (secondary N) is 2. The smallest absolute Gasteiger partial charge is 0.331 e. The summed E-state index contributed by atoms with van der Waals surface area (Å²) in [6.45, 7) is 2.18. The Morgan fingerprint density at radius 2 is 2.18 bits per heavy atom. The number of pyridine rings is 1. The number of nitrogen functional groups attached to an aromatic ring is 1. The number of hydrogen-bond acceptors (Lipinski definition) is 8. The Kier molecular flexibility index (Phi) is 8.24. The lowest BCUT2D eigenvalue weighted by atomic mass is 10.0. The molecule has 0 radical (unpaired) electrons. The SMILES string of the molecule is COC(=O)COCCN1CC[C@H](NC(=O)c2cc(Cl)c(N)[nH]c2=O)[C@H](OC)C1. The van der Waals surface area contributed by atoms with Crippen molar-refractivity contribution in [3.05, 3.63) is 27.0 Å². The zero-order valence-corrected chi connectivity index (χ0v) is 16.6. The number of likely N-dealkylation sites (tertiary alicyclic amines) is 1. The summed E-state index contributed by atoms with van der Waals surface area (Å²) in [7, 11) is 2.87. The summed E-state index contributed by atoms with van der Waals surface area (Å²) in [4.78, 5) is 39.9. The van der Waals surface area contributed by atoms with Gasteiger partial charge in [-0.15, -0.1) is 0 Å². The van der Waals surface area contributed by atoms with E-state index in [0.717, 1.165) is 0 Å². The predicted octanol–water partition coefficient (Wildman–Crippen LogP) is -0.381. The highest BCUT2D eigenvalue weighted by atomic mass is 35.5. The van der Waals surface area contributed by atoms with Gasteiger partial charge >= 0.3 is 5.97 Å². The second-order valence-electron chi connectivity index (χ2n) is 6.35. The number of rotatable bonds is 8. The molecule has 0 unspecified atom stereocenters. The first kappa shape index (κ1) is 22.2. The number of H-pyrrole nitrogens is 1. The number of carbonyl (C=O) groups excluding carboxylic acids is 2. The van der Waals surface area contributed by atoms with Gasteiger partial charge in [0.2, 0.25) is 0 Å². The molecule has 2 rings (SSSR count). The topological polar surface area (TPSA) is 136 Å². The summed E-state index contributed by atoms with van der Waals surface area (Å²) < 4.78 is 15.3. The molecule has 0 aromatic carbocycles. The van der Waals surface area contributed by atoms with Gasteiger partial charge in [-0.1, -0.05) is 11.6 Å². The van der Waals surface area contributed by atoms with Crippen LogP contribution < -0.4 is 16.6 Å². The number of aromatic amines is 1. The van der Waals surface area contributed by atoms with Crippen molar-refractivity contribution >= 4 is 29.3 Å². The van der Waals surface area contributed by atoms with Gasteiger partial charge in [-0.05, 0) is 12.5 Å². The van der Waals surface area contributed by atoms with Gasteiger partial charge in [0.1, 0.15) is 18.0 Å². The number of nitrogens with two attached hydrogens (primary N) is 1. The van der Waals surface area contributed by atoms with Crippen LogP contribution >= 0.6 is 11.6 Å². The van der Waals surface area contributed by atoms with Crippen molar-refractivity contribution in [2.24, 2.45) is 0 Å². The summed E-state index contributed by atoms with van der Waals surface area (Å²) in [5.41, 5.74) is 4.82. The van der Waals surface area contributed by atoms with Crippen molar-refractivity contribution in [2.75, 3.05) is 52.8 Å².